The average Bonchev–Trinajstić information content (AvgIpc) is 3.26. The van der Waals surface area contributed by atoms with Crippen LogP contribution < -0.4 is 4.74 Å². The number of carbonyl (C=O) groups is 1. The number of halogens is 1. The highest BCUT2D eigenvalue weighted by Gasteiger charge is 2.17. The summed E-state index contributed by atoms with van der Waals surface area (Å²) >= 11 is 7.61. The van der Waals surface area contributed by atoms with Gasteiger partial charge in [-0.05, 0) is 43.9 Å². The molecule has 1 saturated carbocycles. The quantitative estimate of drug-likeness (QED) is 0.625. The second-order valence-corrected chi connectivity index (χ2v) is 7.62. The van der Waals surface area contributed by atoms with E-state index in [2.05, 4.69) is 4.98 Å². The van der Waals surface area contributed by atoms with Crippen molar-refractivity contribution in [3.05, 3.63) is 44.9 Å². The molecule has 2 aromatic rings. The van der Waals surface area contributed by atoms with E-state index >= 15 is 0 Å². The first kappa shape index (κ1) is 18.2. The predicted molar refractivity (Wildman–Crippen MR) is 99.8 cm³/mol. The number of carbonyl (C=O) groups excluding carboxylic acids is 1. The molecule has 1 aliphatic rings. The molecule has 0 N–H and O–H groups in total. The summed E-state index contributed by atoms with van der Waals surface area (Å²) in [6.07, 6.45) is 5.69. The molecule has 0 atom stereocenters. The molecule has 25 heavy (non-hydrogen) atoms. The minimum absolute atomic E-state index is 0.346. The molecule has 134 valence electrons. The van der Waals surface area contributed by atoms with Crippen molar-refractivity contribution in [2.45, 2.75) is 39.0 Å². The maximum absolute atomic E-state index is 11.8. The number of nitrogens with zero attached hydrogens (tertiary/aromatic N) is 1. The molecule has 1 heterocycles. The van der Waals surface area contributed by atoms with Gasteiger partial charge in [0.05, 0.1) is 18.2 Å². The molecule has 1 aromatic heterocycles. The van der Waals surface area contributed by atoms with Gasteiger partial charge in [-0.1, -0.05) is 24.4 Å². The van der Waals surface area contributed by atoms with Crippen LogP contribution in [0.3, 0.4) is 0 Å². The third-order valence-corrected chi connectivity index (χ3v) is 5.43. The van der Waals surface area contributed by atoms with Crippen molar-refractivity contribution in [3.63, 3.8) is 0 Å². The van der Waals surface area contributed by atoms with E-state index in [9.17, 15) is 4.79 Å². The van der Waals surface area contributed by atoms with Crippen molar-refractivity contribution in [1.82, 2.24) is 4.98 Å². The van der Waals surface area contributed by atoms with Crippen molar-refractivity contribution < 1.29 is 14.3 Å². The fourth-order valence-electron chi connectivity index (χ4n) is 3.07. The van der Waals surface area contributed by atoms with Crippen LogP contribution in [0.2, 0.25) is 5.02 Å². The number of thiazole rings is 1. The molecule has 0 aliphatic heterocycles. The Morgan fingerprint density at radius 1 is 1.36 bits per heavy atom. The molecule has 3 rings (SSSR count). The summed E-state index contributed by atoms with van der Waals surface area (Å²) < 4.78 is 11.1. The Morgan fingerprint density at radius 3 is 2.92 bits per heavy atom. The van der Waals surface area contributed by atoms with Crippen molar-refractivity contribution >= 4 is 28.9 Å². The Labute approximate surface area is 157 Å². The molecule has 4 nitrogen and oxygen atoms in total. The molecule has 0 saturated heterocycles. The van der Waals surface area contributed by atoms with Gasteiger partial charge in [0.15, 0.2) is 5.69 Å². The van der Waals surface area contributed by atoms with Crippen LogP contribution in [0.25, 0.3) is 0 Å². The molecule has 6 heteroatoms. The lowest BCUT2D eigenvalue weighted by molar-refractivity contribution is 0.0520. The van der Waals surface area contributed by atoms with Crippen LogP contribution in [0.15, 0.2) is 23.6 Å². The Morgan fingerprint density at radius 2 is 2.16 bits per heavy atom. The van der Waals surface area contributed by atoms with E-state index in [1.165, 1.54) is 37.0 Å². The number of esters is 1. The summed E-state index contributed by atoms with van der Waals surface area (Å²) in [6, 6.07) is 5.68. The van der Waals surface area contributed by atoms with Crippen LogP contribution in [0.1, 0.15) is 53.7 Å². The molecular weight excluding hydrogens is 358 g/mol. The molecule has 1 aliphatic carbocycles. The second-order valence-electron chi connectivity index (χ2n) is 6.24. The molecule has 0 unspecified atom stereocenters. The zero-order chi connectivity index (χ0) is 17.6. The largest absolute Gasteiger partial charge is 0.493 e. The lowest BCUT2D eigenvalue weighted by Gasteiger charge is -2.14. The van der Waals surface area contributed by atoms with Crippen LogP contribution in [0, 0.1) is 5.92 Å². The van der Waals surface area contributed by atoms with E-state index in [4.69, 9.17) is 21.1 Å². The number of benzene rings is 1. The monoisotopic (exact) mass is 379 g/mol. The Balaban J connectivity index is 1.70. The maximum atomic E-state index is 11.8. The Hall–Kier alpha value is -1.59. The van der Waals surface area contributed by atoms with E-state index < -0.39 is 0 Å². The standard InChI is InChI=1S/C19H22ClNO3S/c1-2-23-19(22)16-12-25-18(21-16)10-14-9-15(20)7-8-17(14)24-11-13-5-3-4-6-13/h7-9,12-13H,2-6,10-11H2,1H3. The van der Waals surface area contributed by atoms with E-state index in [1.807, 2.05) is 18.2 Å². The first-order valence-corrected chi connectivity index (χ1v) is 9.94. The number of aromatic nitrogens is 1. The molecule has 0 radical (unpaired) electrons. The molecule has 0 bridgehead atoms. The highest BCUT2D eigenvalue weighted by Crippen LogP contribution is 2.29. The van der Waals surface area contributed by atoms with Gasteiger partial charge in [-0.15, -0.1) is 11.3 Å². The van der Waals surface area contributed by atoms with Gasteiger partial charge in [-0.3, -0.25) is 0 Å². The summed E-state index contributed by atoms with van der Waals surface area (Å²) in [4.78, 5) is 16.1. The van der Waals surface area contributed by atoms with Crippen LogP contribution in [0.5, 0.6) is 5.75 Å². The Bertz CT molecular complexity index is 725. The summed E-state index contributed by atoms with van der Waals surface area (Å²) in [5, 5.41) is 3.25. The number of hydrogen-bond donors (Lipinski definition) is 0. The number of hydrogen-bond acceptors (Lipinski definition) is 5. The average molecular weight is 380 g/mol. The van der Waals surface area contributed by atoms with Crippen molar-refractivity contribution in [3.8, 4) is 5.75 Å². The minimum atomic E-state index is -0.381. The van der Waals surface area contributed by atoms with Gasteiger partial charge in [-0.2, -0.15) is 0 Å². The SMILES string of the molecule is CCOC(=O)c1csc(Cc2cc(Cl)ccc2OCC2CCCC2)n1. The van der Waals surface area contributed by atoms with Gasteiger partial charge in [0.2, 0.25) is 0 Å². The van der Waals surface area contributed by atoms with Crippen molar-refractivity contribution in [2.75, 3.05) is 13.2 Å². The van der Waals surface area contributed by atoms with E-state index in [1.54, 1.807) is 12.3 Å². The first-order chi connectivity index (χ1) is 12.2. The lowest BCUT2D eigenvalue weighted by Crippen LogP contribution is -2.09. The van der Waals surface area contributed by atoms with Gasteiger partial charge >= 0.3 is 5.97 Å². The third kappa shape index (κ3) is 4.95. The molecule has 1 fully saturated rings. The predicted octanol–water partition coefficient (Wildman–Crippen LogP) is 5.13. The highest BCUT2D eigenvalue weighted by molar-refractivity contribution is 7.09. The molecule has 1 aromatic carbocycles. The summed E-state index contributed by atoms with van der Waals surface area (Å²) in [6.45, 7) is 2.88. The highest BCUT2D eigenvalue weighted by atomic mass is 35.5. The normalized spacial score (nSPS) is 14.6. The van der Waals surface area contributed by atoms with E-state index in [0.29, 0.717) is 29.7 Å². The molecule has 0 spiro atoms. The van der Waals surface area contributed by atoms with Gasteiger partial charge in [-0.25, -0.2) is 9.78 Å². The van der Waals surface area contributed by atoms with Crippen LogP contribution in [0.4, 0.5) is 0 Å². The minimum Gasteiger partial charge on any atom is -0.493 e. The van der Waals surface area contributed by atoms with Gasteiger partial charge < -0.3 is 9.47 Å². The fourth-order valence-corrected chi connectivity index (χ4v) is 4.05. The third-order valence-electron chi connectivity index (χ3n) is 4.35. The molecular formula is C19H22ClNO3S. The second kappa shape index (κ2) is 8.68. The summed E-state index contributed by atoms with van der Waals surface area (Å²) in [5.41, 5.74) is 1.35. The van der Waals surface area contributed by atoms with Gasteiger partial charge in [0.25, 0.3) is 0 Å². The zero-order valence-corrected chi connectivity index (χ0v) is 15.9. The number of ether oxygens (including phenoxy) is 2. The smallest absolute Gasteiger partial charge is 0.357 e. The number of rotatable bonds is 7. The van der Waals surface area contributed by atoms with Crippen LogP contribution in [-0.2, 0) is 11.2 Å². The van der Waals surface area contributed by atoms with Crippen molar-refractivity contribution in [1.29, 1.82) is 0 Å². The Kier molecular flexibility index (Phi) is 6.32. The van der Waals surface area contributed by atoms with Crippen molar-refractivity contribution in [2.24, 2.45) is 5.92 Å². The van der Waals surface area contributed by atoms with Crippen LogP contribution >= 0.6 is 22.9 Å². The van der Waals surface area contributed by atoms with Crippen LogP contribution in [-0.4, -0.2) is 24.2 Å². The topological polar surface area (TPSA) is 48.4 Å². The van der Waals surface area contributed by atoms with Gasteiger partial charge in [0.1, 0.15) is 5.75 Å². The maximum Gasteiger partial charge on any atom is 0.357 e. The zero-order valence-electron chi connectivity index (χ0n) is 14.3. The lowest BCUT2D eigenvalue weighted by atomic mass is 10.1. The fraction of sp³-hybridized carbons (Fsp3) is 0.474. The van der Waals surface area contributed by atoms with Gasteiger partial charge in [0, 0.05) is 22.4 Å². The van der Waals surface area contributed by atoms with E-state index in [0.717, 1.165) is 22.9 Å². The van der Waals surface area contributed by atoms with E-state index in [-0.39, 0.29) is 5.97 Å². The first-order valence-electron chi connectivity index (χ1n) is 8.68. The summed E-state index contributed by atoms with van der Waals surface area (Å²) in [7, 11) is 0. The summed E-state index contributed by atoms with van der Waals surface area (Å²) in [5.74, 6) is 1.12. The molecule has 0 amide bonds.